The summed E-state index contributed by atoms with van der Waals surface area (Å²) in [5, 5.41) is 10.9. The van der Waals surface area contributed by atoms with Gasteiger partial charge in [0.25, 0.3) is 11.8 Å². The van der Waals surface area contributed by atoms with Gasteiger partial charge in [-0.05, 0) is 73.4 Å². The molecule has 6 rings (SSSR count). The van der Waals surface area contributed by atoms with Crippen LogP contribution in [0.4, 0.5) is 0 Å². The van der Waals surface area contributed by atoms with Crippen LogP contribution >= 0.6 is 0 Å². The highest BCUT2D eigenvalue weighted by Crippen LogP contribution is 2.41. The SMILES string of the molecule is CC(c1ccc(C(=O)NC2CC2)cc1)N1Cc2cc(-c3n[nH]c4c3CC(C)(C)C4)ccc2C1=O. The quantitative estimate of drug-likeness (QED) is 0.581. The number of hydrogen-bond donors (Lipinski definition) is 2. The Kier molecular flexibility index (Phi) is 4.70. The third-order valence-corrected chi connectivity index (χ3v) is 7.51. The first-order valence-corrected chi connectivity index (χ1v) is 12.2. The number of aromatic nitrogens is 2. The van der Waals surface area contributed by atoms with Gasteiger partial charge in [-0.1, -0.05) is 32.0 Å². The lowest BCUT2D eigenvalue weighted by Gasteiger charge is -2.24. The molecule has 1 aromatic heterocycles. The minimum absolute atomic E-state index is 0.0212. The second kappa shape index (κ2) is 7.55. The van der Waals surface area contributed by atoms with Gasteiger partial charge in [-0.2, -0.15) is 5.10 Å². The van der Waals surface area contributed by atoms with E-state index >= 15 is 0 Å². The van der Waals surface area contributed by atoms with Crippen molar-refractivity contribution in [3.63, 3.8) is 0 Å². The number of benzene rings is 2. The summed E-state index contributed by atoms with van der Waals surface area (Å²) >= 11 is 0. The third kappa shape index (κ3) is 3.61. The number of aromatic amines is 1. The molecule has 3 aromatic rings. The van der Waals surface area contributed by atoms with Gasteiger partial charge in [-0.25, -0.2) is 0 Å². The molecule has 1 aliphatic heterocycles. The summed E-state index contributed by atoms with van der Waals surface area (Å²) in [6.45, 7) is 7.20. The molecule has 2 aromatic carbocycles. The van der Waals surface area contributed by atoms with Crippen molar-refractivity contribution >= 4 is 11.8 Å². The fourth-order valence-corrected chi connectivity index (χ4v) is 5.39. The molecule has 34 heavy (non-hydrogen) atoms. The lowest BCUT2D eigenvalue weighted by molar-refractivity contribution is 0.0715. The van der Waals surface area contributed by atoms with Crippen molar-refractivity contribution in [2.45, 2.75) is 65.1 Å². The van der Waals surface area contributed by atoms with Crippen LogP contribution in [-0.2, 0) is 19.4 Å². The Hall–Kier alpha value is -3.41. The summed E-state index contributed by atoms with van der Waals surface area (Å²) in [6.07, 6.45) is 4.18. The fourth-order valence-electron chi connectivity index (χ4n) is 5.39. The van der Waals surface area contributed by atoms with E-state index in [4.69, 9.17) is 0 Å². The van der Waals surface area contributed by atoms with E-state index in [9.17, 15) is 9.59 Å². The van der Waals surface area contributed by atoms with Gasteiger partial charge in [-0.15, -0.1) is 0 Å². The highest BCUT2D eigenvalue weighted by molar-refractivity contribution is 5.99. The Labute approximate surface area is 199 Å². The molecule has 6 heteroatoms. The molecule has 2 heterocycles. The van der Waals surface area contributed by atoms with Crippen molar-refractivity contribution in [1.82, 2.24) is 20.4 Å². The molecule has 0 radical (unpaired) electrons. The van der Waals surface area contributed by atoms with Gasteiger partial charge in [0.1, 0.15) is 0 Å². The Morgan fingerprint density at radius 3 is 2.65 bits per heavy atom. The summed E-state index contributed by atoms with van der Waals surface area (Å²) < 4.78 is 0. The van der Waals surface area contributed by atoms with Gasteiger partial charge in [-0.3, -0.25) is 14.7 Å². The van der Waals surface area contributed by atoms with Crippen molar-refractivity contribution in [2.75, 3.05) is 0 Å². The normalized spacial score (nSPS) is 19.1. The van der Waals surface area contributed by atoms with E-state index < -0.39 is 0 Å². The largest absolute Gasteiger partial charge is 0.349 e. The predicted octanol–water partition coefficient (Wildman–Crippen LogP) is 4.81. The molecule has 2 N–H and O–H groups in total. The Balaban J connectivity index is 1.21. The lowest BCUT2D eigenvalue weighted by atomic mass is 9.90. The van der Waals surface area contributed by atoms with Crippen molar-refractivity contribution in [1.29, 1.82) is 0 Å². The first-order chi connectivity index (χ1) is 16.3. The standard InChI is InChI=1S/C28H30N4O2/c1-16(17-4-6-18(7-5-17)26(33)29-21-9-10-21)32-15-20-12-19(8-11-22(20)27(32)34)25-23-13-28(2,3)14-24(23)30-31-25/h4-8,11-12,16,21H,9-10,13-15H2,1-3H3,(H,29,33)(H,30,31). The zero-order valence-corrected chi connectivity index (χ0v) is 19.9. The number of carbonyl (C=O) groups is 2. The van der Waals surface area contributed by atoms with Crippen LogP contribution in [0.3, 0.4) is 0 Å². The maximum Gasteiger partial charge on any atom is 0.255 e. The number of amides is 2. The summed E-state index contributed by atoms with van der Waals surface area (Å²) in [6, 6.07) is 14.0. The highest BCUT2D eigenvalue weighted by atomic mass is 16.2. The van der Waals surface area contributed by atoms with Gasteiger partial charge in [0.05, 0.1) is 11.7 Å². The number of carbonyl (C=O) groups excluding carboxylic acids is 2. The van der Waals surface area contributed by atoms with Gasteiger partial charge in [0, 0.05) is 40.5 Å². The zero-order chi connectivity index (χ0) is 23.6. The van der Waals surface area contributed by atoms with Crippen molar-refractivity contribution in [3.05, 3.63) is 76.0 Å². The summed E-state index contributed by atoms with van der Waals surface area (Å²) in [4.78, 5) is 27.4. The molecular weight excluding hydrogens is 424 g/mol. The third-order valence-electron chi connectivity index (χ3n) is 7.51. The van der Waals surface area contributed by atoms with Gasteiger partial charge >= 0.3 is 0 Å². The highest BCUT2D eigenvalue weighted by Gasteiger charge is 2.35. The molecule has 1 saturated carbocycles. The average Bonchev–Trinajstić information content (AvgIpc) is 3.35. The Morgan fingerprint density at radius 1 is 1.15 bits per heavy atom. The monoisotopic (exact) mass is 454 g/mol. The molecule has 2 aliphatic carbocycles. The number of nitrogens with zero attached hydrogens (tertiary/aromatic N) is 2. The van der Waals surface area contributed by atoms with Crippen molar-refractivity contribution in [2.24, 2.45) is 5.41 Å². The topological polar surface area (TPSA) is 78.1 Å². The molecule has 1 unspecified atom stereocenters. The summed E-state index contributed by atoms with van der Waals surface area (Å²) in [7, 11) is 0. The fraction of sp³-hybridized carbons (Fsp3) is 0.393. The molecule has 0 spiro atoms. The van der Waals surface area contributed by atoms with Crippen LogP contribution in [0.15, 0.2) is 42.5 Å². The van der Waals surface area contributed by atoms with Crippen LogP contribution in [0.25, 0.3) is 11.3 Å². The molecule has 3 aliphatic rings. The van der Waals surface area contributed by atoms with E-state index in [-0.39, 0.29) is 23.3 Å². The molecule has 0 bridgehead atoms. The lowest BCUT2D eigenvalue weighted by Crippen LogP contribution is -2.27. The molecular formula is C28H30N4O2. The summed E-state index contributed by atoms with van der Waals surface area (Å²) in [5.41, 5.74) is 8.39. The number of nitrogens with one attached hydrogen (secondary N) is 2. The van der Waals surface area contributed by atoms with E-state index in [0.717, 1.165) is 53.6 Å². The second-order valence-corrected chi connectivity index (χ2v) is 10.9. The van der Waals surface area contributed by atoms with Crippen LogP contribution in [-0.4, -0.2) is 33.0 Å². The van der Waals surface area contributed by atoms with Crippen LogP contribution in [0.5, 0.6) is 0 Å². The van der Waals surface area contributed by atoms with E-state index in [0.29, 0.717) is 18.2 Å². The van der Waals surface area contributed by atoms with Gasteiger partial charge < -0.3 is 10.2 Å². The van der Waals surface area contributed by atoms with E-state index in [1.54, 1.807) is 0 Å². The van der Waals surface area contributed by atoms with Gasteiger partial charge in [0.15, 0.2) is 0 Å². The molecule has 174 valence electrons. The predicted molar refractivity (Wildman–Crippen MR) is 130 cm³/mol. The Morgan fingerprint density at radius 2 is 1.91 bits per heavy atom. The second-order valence-electron chi connectivity index (χ2n) is 10.9. The number of H-pyrrole nitrogens is 1. The number of hydrogen-bond acceptors (Lipinski definition) is 3. The van der Waals surface area contributed by atoms with Crippen LogP contribution < -0.4 is 5.32 Å². The van der Waals surface area contributed by atoms with E-state index in [1.165, 1.54) is 11.3 Å². The smallest absolute Gasteiger partial charge is 0.255 e. The maximum absolute atomic E-state index is 13.2. The van der Waals surface area contributed by atoms with Crippen LogP contribution in [0.1, 0.15) is 82.8 Å². The number of fused-ring (bicyclic) bond motifs is 2. The maximum atomic E-state index is 13.2. The van der Waals surface area contributed by atoms with Gasteiger partial charge in [0.2, 0.25) is 0 Å². The van der Waals surface area contributed by atoms with Crippen molar-refractivity contribution < 1.29 is 9.59 Å². The molecule has 1 fully saturated rings. The first kappa shape index (κ1) is 21.1. The molecule has 2 amide bonds. The molecule has 6 nitrogen and oxygen atoms in total. The minimum atomic E-state index is -0.0840. The van der Waals surface area contributed by atoms with Crippen LogP contribution in [0, 0.1) is 5.41 Å². The van der Waals surface area contributed by atoms with Crippen LogP contribution in [0.2, 0.25) is 0 Å². The molecule has 0 saturated heterocycles. The van der Waals surface area contributed by atoms with E-state index in [2.05, 4.69) is 35.4 Å². The van der Waals surface area contributed by atoms with E-state index in [1.807, 2.05) is 48.2 Å². The first-order valence-electron chi connectivity index (χ1n) is 12.2. The average molecular weight is 455 g/mol. The Bertz CT molecular complexity index is 1300. The zero-order valence-electron chi connectivity index (χ0n) is 19.9. The molecule has 1 atom stereocenters. The van der Waals surface area contributed by atoms with Crippen molar-refractivity contribution in [3.8, 4) is 11.3 Å². The number of rotatable bonds is 5. The minimum Gasteiger partial charge on any atom is -0.349 e. The summed E-state index contributed by atoms with van der Waals surface area (Å²) in [5.74, 6) is 0.0325.